The van der Waals surface area contributed by atoms with Crippen LogP contribution in [0.25, 0.3) is 0 Å². The second kappa shape index (κ2) is 8.06. The Morgan fingerprint density at radius 2 is 1.68 bits per heavy atom. The number of nitrogens with one attached hydrogen (secondary N) is 1. The summed E-state index contributed by atoms with van der Waals surface area (Å²) in [4.78, 5) is 0. The lowest BCUT2D eigenvalue weighted by Crippen LogP contribution is -2.28. The van der Waals surface area contributed by atoms with Crippen LogP contribution in [0.3, 0.4) is 0 Å². The van der Waals surface area contributed by atoms with Gasteiger partial charge in [-0.25, -0.2) is 0 Å². The van der Waals surface area contributed by atoms with E-state index in [0.29, 0.717) is 12.1 Å². The summed E-state index contributed by atoms with van der Waals surface area (Å²) in [6.45, 7) is 7.40. The van der Waals surface area contributed by atoms with Crippen LogP contribution in [-0.4, -0.2) is 6.18 Å². The molecular weight excluding hydrogens is 323 g/mol. The number of hydrogen-bond donors (Lipinski definition) is 1. The van der Waals surface area contributed by atoms with Gasteiger partial charge in [-0.3, -0.25) is 0 Å². The second-order valence-corrected chi connectivity index (χ2v) is 6.05. The Bertz CT molecular complexity index is 745. The van der Waals surface area contributed by atoms with E-state index >= 15 is 0 Å². The van der Waals surface area contributed by atoms with Crippen molar-refractivity contribution in [3.05, 3.63) is 95.3 Å². The van der Waals surface area contributed by atoms with Crippen molar-refractivity contribution in [2.45, 2.75) is 32.4 Å². The highest BCUT2D eigenvalue weighted by atomic mass is 19.4. The number of halogens is 3. The molecule has 0 saturated carbocycles. The highest BCUT2D eigenvalue weighted by Crippen LogP contribution is 2.38. The number of hydrogen-bond acceptors (Lipinski definition) is 1. The predicted octanol–water partition coefficient (Wildman–Crippen LogP) is 5.89. The molecule has 0 aliphatic rings. The van der Waals surface area contributed by atoms with Gasteiger partial charge in [0.05, 0.1) is 0 Å². The number of aryl methyl sites for hydroxylation is 1. The minimum atomic E-state index is -4.40. The molecule has 132 valence electrons. The van der Waals surface area contributed by atoms with E-state index in [1.54, 1.807) is 25.1 Å². The second-order valence-electron chi connectivity index (χ2n) is 6.05. The number of rotatable bonds is 6. The van der Waals surface area contributed by atoms with Gasteiger partial charge in [0.15, 0.2) is 0 Å². The van der Waals surface area contributed by atoms with Gasteiger partial charge in [-0.15, -0.1) is 0 Å². The average molecular weight is 345 g/mol. The smallest absolute Gasteiger partial charge is 0.362 e. The molecule has 2 rings (SSSR count). The van der Waals surface area contributed by atoms with Gasteiger partial charge in [-0.1, -0.05) is 67.3 Å². The van der Waals surface area contributed by atoms with Crippen LogP contribution in [0.2, 0.25) is 0 Å². The van der Waals surface area contributed by atoms with E-state index in [4.69, 9.17) is 0 Å². The molecule has 1 N–H and O–H groups in total. The van der Waals surface area contributed by atoms with Gasteiger partial charge in [-0.05, 0) is 37.0 Å². The van der Waals surface area contributed by atoms with Crippen LogP contribution in [0.4, 0.5) is 13.2 Å². The van der Waals surface area contributed by atoms with E-state index in [2.05, 4.69) is 11.9 Å². The molecule has 2 aromatic carbocycles. The van der Waals surface area contributed by atoms with Crippen molar-refractivity contribution in [1.29, 1.82) is 0 Å². The maximum Gasteiger partial charge on any atom is 0.401 e. The van der Waals surface area contributed by atoms with E-state index in [9.17, 15) is 13.2 Å². The zero-order valence-corrected chi connectivity index (χ0v) is 14.4. The van der Waals surface area contributed by atoms with Crippen molar-refractivity contribution in [3.8, 4) is 0 Å². The molecule has 1 unspecified atom stereocenters. The van der Waals surface area contributed by atoms with Gasteiger partial charge >= 0.3 is 6.18 Å². The van der Waals surface area contributed by atoms with Crippen molar-refractivity contribution in [2.75, 3.05) is 0 Å². The van der Waals surface area contributed by atoms with Crippen LogP contribution in [0.1, 0.15) is 29.5 Å². The van der Waals surface area contributed by atoms with Crippen LogP contribution >= 0.6 is 0 Å². The monoisotopic (exact) mass is 345 g/mol. The molecule has 0 aliphatic heterocycles. The molecule has 0 bridgehead atoms. The molecule has 25 heavy (non-hydrogen) atoms. The molecule has 1 atom stereocenters. The van der Waals surface area contributed by atoms with E-state index in [1.165, 1.54) is 12.1 Å². The number of alkyl halides is 3. The van der Waals surface area contributed by atoms with Crippen LogP contribution < -0.4 is 5.32 Å². The summed E-state index contributed by atoms with van der Waals surface area (Å²) in [5.74, 6) is -1.74. The summed E-state index contributed by atoms with van der Waals surface area (Å²) >= 11 is 0. The van der Waals surface area contributed by atoms with Gasteiger partial charge in [-0.2, -0.15) is 13.2 Å². The Kier molecular flexibility index (Phi) is 6.07. The molecule has 2 aromatic rings. The van der Waals surface area contributed by atoms with E-state index in [-0.39, 0.29) is 11.3 Å². The number of allylic oxidation sites excluding steroid dienone is 3. The molecule has 4 heteroatoms. The summed E-state index contributed by atoms with van der Waals surface area (Å²) in [5.41, 5.74) is 3.06. The molecular formula is C21H22F3N. The van der Waals surface area contributed by atoms with Gasteiger partial charge in [0.2, 0.25) is 0 Å². The summed E-state index contributed by atoms with van der Waals surface area (Å²) in [6.07, 6.45) is -1.87. The Labute approximate surface area is 146 Å². The third kappa shape index (κ3) is 5.24. The predicted molar refractivity (Wildman–Crippen MR) is 96.2 cm³/mol. The fourth-order valence-electron chi connectivity index (χ4n) is 2.71. The minimum Gasteiger partial charge on any atom is -0.362 e. The highest BCUT2D eigenvalue weighted by molar-refractivity contribution is 5.31. The third-order valence-corrected chi connectivity index (χ3v) is 4.06. The third-order valence-electron chi connectivity index (χ3n) is 4.06. The van der Waals surface area contributed by atoms with Gasteiger partial charge in [0, 0.05) is 11.4 Å². The van der Waals surface area contributed by atoms with Crippen molar-refractivity contribution in [2.24, 2.45) is 0 Å². The molecule has 0 fully saturated rings. The summed E-state index contributed by atoms with van der Waals surface area (Å²) < 4.78 is 40.5. The lowest BCUT2D eigenvalue weighted by molar-refractivity contribution is -0.142. The first-order chi connectivity index (χ1) is 11.8. The van der Waals surface area contributed by atoms with Crippen LogP contribution in [0.15, 0.2) is 78.6 Å². The molecule has 0 heterocycles. The first kappa shape index (κ1) is 18.8. The quantitative estimate of drug-likeness (QED) is 0.688. The van der Waals surface area contributed by atoms with Crippen molar-refractivity contribution in [1.82, 2.24) is 5.32 Å². The molecule has 1 nitrogen and oxygen atoms in total. The van der Waals surface area contributed by atoms with E-state index in [0.717, 1.165) is 11.1 Å². The summed E-state index contributed by atoms with van der Waals surface area (Å²) in [6, 6.07) is 15.8. The van der Waals surface area contributed by atoms with Crippen LogP contribution in [-0.2, 0) is 6.42 Å². The zero-order chi connectivity index (χ0) is 18.4. The molecule has 0 spiro atoms. The maximum atomic E-state index is 13.5. The van der Waals surface area contributed by atoms with Gasteiger partial charge in [0.1, 0.15) is 5.92 Å². The first-order valence-electron chi connectivity index (χ1n) is 8.08. The molecule has 0 saturated heterocycles. The van der Waals surface area contributed by atoms with Crippen molar-refractivity contribution in [3.63, 3.8) is 0 Å². The summed E-state index contributed by atoms with van der Waals surface area (Å²) in [5, 5.41) is 2.82. The lowest BCUT2D eigenvalue weighted by atomic mass is 9.95. The van der Waals surface area contributed by atoms with Gasteiger partial charge in [0.25, 0.3) is 0 Å². The normalized spacial score (nSPS) is 13.4. The first-order valence-corrected chi connectivity index (χ1v) is 8.08. The van der Waals surface area contributed by atoms with E-state index < -0.39 is 12.1 Å². The minimum absolute atomic E-state index is 0.0720. The molecule has 0 aromatic heterocycles. The fraction of sp³-hybridized carbons (Fsp3) is 0.238. The fourth-order valence-corrected chi connectivity index (χ4v) is 2.71. The Balaban J connectivity index is 2.12. The standard InChI is InChI=1S/C21H22F3N/c1-15-9-7-8-10-18(15)14-13-16(2)25-17(3)20(21(22,23)24)19-11-5-4-6-12-19/h4-13,20,25H,3,14H2,1-2H3/b16-13-. The Hall–Kier alpha value is -2.49. The Morgan fingerprint density at radius 1 is 1.08 bits per heavy atom. The largest absolute Gasteiger partial charge is 0.401 e. The molecule has 0 aliphatic carbocycles. The summed E-state index contributed by atoms with van der Waals surface area (Å²) in [7, 11) is 0. The molecule has 0 radical (unpaired) electrons. The lowest BCUT2D eigenvalue weighted by Gasteiger charge is -2.24. The zero-order valence-electron chi connectivity index (χ0n) is 14.4. The highest BCUT2D eigenvalue weighted by Gasteiger charge is 2.42. The average Bonchev–Trinajstić information content (AvgIpc) is 2.54. The molecule has 0 amide bonds. The van der Waals surface area contributed by atoms with Crippen molar-refractivity contribution >= 4 is 0 Å². The van der Waals surface area contributed by atoms with Gasteiger partial charge < -0.3 is 5.32 Å². The SMILES string of the molecule is C=C(N/C(C)=C\Cc1ccccc1C)C(c1ccccc1)C(F)(F)F. The van der Waals surface area contributed by atoms with E-state index in [1.807, 2.05) is 37.3 Å². The number of benzene rings is 2. The van der Waals surface area contributed by atoms with Crippen LogP contribution in [0, 0.1) is 6.92 Å². The topological polar surface area (TPSA) is 12.0 Å². The Morgan fingerprint density at radius 3 is 2.28 bits per heavy atom. The van der Waals surface area contributed by atoms with Crippen LogP contribution in [0.5, 0.6) is 0 Å². The van der Waals surface area contributed by atoms with Crippen molar-refractivity contribution < 1.29 is 13.2 Å². The maximum absolute atomic E-state index is 13.5.